The van der Waals surface area contributed by atoms with Gasteiger partial charge in [-0.2, -0.15) is 0 Å². The summed E-state index contributed by atoms with van der Waals surface area (Å²) in [4.78, 5) is 23.9. The number of rotatable bonds is 6. The van der Waals surface area contributed by atoms with E-state index in [0.29, 0.717) is 0 Å². The van der Waals surface area contributed by atoms with E-state index < -0.39 is 24.2 Å². The Morgan fingerprint density at radius 2 is 2.21 bits per heavy atom. The number of amides is 1. The molecule has 6 heteroatoms. The number of methoxy groups -OCH3 is 1. The number of hydrogen-bond donors (Lipinski definition) is 1. The van der Waals surface area contributed by atoms with Gasteiger partial charge in [-0.3, -0.25) is 9.59 Å². The van der Waals surface area contributed by atoms with Crippen molar-refractivity contribution in [2.45, 2.75) is 0 Å². The lowest BCUT2D eigenvalue weighted by atomic mass is 10.1. The fourth-order valence-electron chi connectivity index (χ4n) is 1.51. The average molecular weight is 267 g/mol. The molecule has 0 aliphatic carbocycles. The van der Waals surface area contributed by atoms with Crippen LogP contribution >= 0.6 is 0 Å². The molecule has 0 spiro atoms. The largest absolute Gasteiger partial charge is 0.494 e. The van der Waals surface area contributed by atoms with E-state index in [1.54, 1.807) is 0 Å². The van der Waals surface area contributed by atoms with Gasteiger partial charge in [-0.05, 0) is 18.2 Å². The summed E-state index contributed by atoms with van der Waals surface area (Å²) in [5.74, 6) is -2.32. The van der Waals surface area contributed by atoms with E-state index in [4.69, 9.17) is 9.84 Å². The Morgan fingerprint density at radius 1 is 1.53 bits per heavy atom. The molecule has 0 saturated carbocycles. The monoisotopic (exact) mass is 267 g/mol. The molecule has 0 heterocycles. The highest BCUT2D eigenvalue weighted by atomic mass is 19.1. The number of carboxylic acids is 1. The molecule has 1 aromatic rings. The first-order valence-corrected chi connectivity index (χ1v) is 5.45. The summed E-state index contributed by atoms with van der Waals surface area (Å²) >= 11 is 0. The quantitative estimate of drug-likeness (QED) is 0.794. The number of carboxylic acid groups (broad SMARTS) is 1. The molecule has 1 N–H and O–H groups in total. The molecule has 0 aliphatic heterocycles. The van der Waals surface area contributed by atoms with Crippen LogP contribution in [-0.4, -0.2) is 42.1 Å². The zero-order valence-corrected chi connectivity index (χ0v) is 10.4. The van der Waals surface area contributed by atoms with Crippen LogP contribution in [0, 0.1) is 5.82 Å². The Kier molecular flexibility index (Phi) is 5.05. The number of carbonyl (C=O) groups excluding carboxylic acids is 1. The molecule has 0 saturated heterocycles. The van der Waals surface area contributed by atoms with Gasteiger partial charge in [-0.1, -0.05) is 6.08 Å². The molecule has 102 valence electrons. The average Bonchev–Trinajstić information content (AvgIpc) is 2.37. The number of halogens is 1. The first-order valence-electron chi connectivity index (χ1n) is 5.45. The highest BCUT2D eigenvalue weighted by Gasteiger charge is 2.18. The fraction of sp³-hybridized carbons (Fsp3) is 0.231. The Balaban J connectivity index is 3.01. The van der Waals surface area contributed by atoms with Crippen molar-refractivity contribution in [3.8, 4) is 5.75 Å². The van der Waals surface area contributed by atoms with Crippen molar-refractivity contribution in [2.24, 2.45) is 0 Å². The van der Waals surface area contributed by atoms with Crippen LogP contribution in [-0.2, 0) is 4.79 Å². The van der Waals surface area contributed by atoms with Crippen LogP contribution < -0.4 is 4.74 Å². The third kappa shape index (κ3) is 3.80. The van der Waals surface area contributed by atoms with Gasteiger partial charge in [-0.25, -0.2) is 4.39 Å². The van der Waals surface area contributed by atoms with E-state index in [9.17, 15) is 14.0 Å². The Bertz CT molecular complexity index is 501. The predicted molar refractivity (Wildman–Crippen MR) is 66.7 cm³/mol. The summed E-state index contributed by atoms with van der Waals surface area (Å²) in [5, 5.41) is 8.74. The Hall–Kier alpha value is -2.37. The molecule has 0 aliphatic rings. The van der Waals surface area contributed by atoms with Crippen molar-refractivity contribution in [3.05, 3.63) is 42.2 Å². The molecule has 1 rings (SSSR count). The van der Waals surface area contributed by atoms with E-state index >= 15 is 0 Å². The second kappa shape index (κ2) is 6.53. The molecule has 1 amide bonds. The molecule has 0 fully saturated rings. The lowest BCUT2D eigenvalue weighted by Gasteiger charge is -2.19. The normalized spacial score (nSPS) is 9.79. The van der Waals surface area contributed by atoms with E-state index in [1.165, 1.54) is 25.3 Å². The number of nitrogens with zero attached hydrogens (tertiary/aromatic N) is 1. The van der Waals surface area contributed by atoms with Crippen molar-refractivity contribution < 1.29 is 23.8 Å². The minimum Gasteiger partial charge on any atom is -0.494 e. The van der Waals surface area contributed by atoms with Crippen LogP contribution in [0.25, 0.3) is 0 Å². The SMILES string of the molecule is C=CCN(CC(=O)O)C(=O)c1ccc(F)c(OC)c1. The van der Waals surface area contributed by atoms with Gasteiger partial charge < -0.3 is 14.7 Å². The molecule has 0 unspecified atom stereocenters. The van der Waals surface area contributed by atoms with Gasteiger partial charge in [0, 0.05) is 12.1 Å². The lowest BCUT2D eigenvalue weighted by molar-refractivity contribution is -0.137. The third-order valence-corrected chi connectivity index (χ3v) is 2.36. The van der Waals surface area contributed by atoms with Crippen LogP contribution in [0.1, 0.15) is 10.4 Å². The lowest BCUT2D eigenvalue weighted by Crippen LogP contribution is -2.35. The summed E-state index contributed by atoms with van der Waals surface area (Å²) in [5.41, 5.74) is 0.154. The smallest absolute Gasteiger partial charge is 0.323 e. The molecule has 1 aromatic carbocycles. The zero-order chi connectivity index (χ0) is 14.4. The molecule has 0 bridgehead atoms. The summed E-state index contributed by atoms with van der Waals surface area (Å²) in [6.07, 6.45) is 1.42. The van der Waals surface area contributed by atoms with E-state index in [1.807, 2.05) is 0 Å². The van der Waals surface area contributed by atoms with Crippen molar-refractivity contribution in [1.82, 2.24) is 4.90 Å². The number of benzene rings is 1. The first kappa shape index (κ1) is 14.7. The van der Waals surface area contributed by atoms with E-state index in [-0.39, 0.29) is 17.9 Å². The van der Waals surface area contributed by atoms with Gasteiger partial charge in [0.1, 0.15) is 6.54 Å². The molecule has 19 heavy (non-hydrogen) atoms. The van der Waals surface area contributed by atoms with Crippen molar-refractivity contribution in [1.29, 1.82) is 0 Å². The molecule has 5 nitrogen and oxygen atoms in total. The van der Waals surface area contributed by atoms with Crippen LogP contribution in [0.3, 0.4) is 0 Å². The maximum atomic E-state index is 13.2. The minimum atomic E-state index is -1.13. The van der Waals surface area contributed by atoms with Crippen molar-refractivity contribution in [2.75, 3.05) is 20.2 Å². The molecular weight excluding hydrogens is 253 g/mol. The topological polar surface area (TPSA) is 66.8 Å². The van der Waals surface area contributed by atoms with Gasteiger partial charge in [0.25, 0.3) is 5.91 Å². The summed E-state index contributed by atoms with van der Waals surface area (Å²) in [6, 6.07) is 3.60. The highest BCUT2D eigenvalue weighted by molar-refractivity contribution is 5.96. The van der Waals surface area contributed by atoms with Gasteiger partial charge in [0.05, 0.1) is 7.11 Å². The standard InChI is InChI=1S/C13H14FNO4/c1-3-6-15(8-12(16)17)13(18)9-4-5-10(14)11(7-9)19-2/h3-5,7H,1,6,8H2,2H3,(H,16,17). The Morgan fingerprint density at radius 3 is 2.74 bits per heavy atom. The van der Waals surface area contributed by atoms with Gasteiger partial charge >= 0.3 is 5.97 Å². The third-order valence-electron chi connectivity index (χ3n) is 2.36. The van der Waals surface area contributed by atoms with Crippen molar-refractivity contribution in [3.63, 3.8) is 0 Å². The fourth-order valence-corrected chi connectivity index (χ4v) is 1.51. The van der Waals surface area contributed by atoms with Crippen molar-refractivity contribution >= 4 is 11.9 Å². The summed E-state index contributed by atoms with van der Waals surface area (Å²) < 4.78 is 18.0. The van der Waals surface area contributed by atoms with E-state index in [2.05, 4.69) is 6.58 Å². The van der Waals surface area contributed by atoms with Gasteiger partial charge in [0.2, 0.25) is 0 Å². The van der Waals surface area contributed by atoms with Crippen LogP contribution in [0.2, 0.25) is 0 Å². The molecule has 0 atom stereocenters. The second-order valence-electron chi connectivity index (χ2n) is 3.72. The minimum absolute atomic E-state index is 0.0697. The maximum Gasteiger partial charge on any atom is 0.323 e. The van der Waals surface area contributed by atoms with Crippen LogP contribution in [0.5, 0.6) is 5.75 Å². The van der Waals surface area contributed by atoms with Crippen LogP contribution in [0.15, 0.2) is 30.9 Å². The predicted octanol–water partition coefficient (Wildman–Crippen LogP) is 1.55. The zero-order valence-electron chi connectivity index (χ0n) is 10.4. The van der Waals surface area contributed by atoms with Gasteiger partial charge in [-0.15, -0.1) is 6.58 Å². The highest BCUT2D eigenvalue weighted by Crippen LogP contribution is 2.19. The molecule has 0 radical (unpaired) electrons. The Labute approximate surface area is 109 Å². The number of ether oxygens (including phenoxy) is 1. The van der Waals surface area contributed by atoms with Crippen LogP contribution in [0.4, 0.5) is 4.39 Å². The number of carbonyl (C=O) groups is 2. The summed E-state index contributed by atoms with van der Waals surface area (Å²) in [7, 11) is 1.28. The van der Waals surface area contributed by atoms with E-state index in [0.717, 1.165) is 11.0 Å². The first-order chi connectivity index (χ1) is 8.99. The summed E-state index contributed by atoms with van der Waals surface area (Å²) in [6.45, 7) is 3.09. The second-order valence-corrected chi connectivity index (χ2v) is 3.72. The van der Waals surface area contributed by atoms with Gasteiger partial charge in [0.15, 0.2) is 11.6 Å². The number of hydrogen-bond acceptors (Lipinski definition) is 3. The maximum absolute atomic E-state index is 13.2. The molecule has 0 aromatic heterocycles. The molecular formula is C13H14FNO4. The number of aliphatic carboxylic acids is 1.